The lowest BCUT2D eigenvalue weighted by molar-refractivity contribution is -0.136. The van der Waals surface area contributed by atoms with E-state index in [1.807, 2.05) is 19.0 Å². The molecule has 0 saturated heterocycles. The zero-order chi connectivity index (χ0) is 10.1. The third kappa shape index (κ3) is 11.3. The van der Waals surface area contributed by atoms with Crippen LogP contribution < -0.4 is 5.32 Å². The summed E-state index contributed by atoms with van der Waals surface area (Å²) in [7, 11) is 3.96. The summed E-state index contributed by atoms with van der Waals surface area (Å²) >= 11 is 0. The molecule has 13 heavy (non-hydrogen) atoms. The van der Waals surface area contributed by atoms with Crippen LogP contribution in [-0.2, 0) is 9.53 Å². The molecule has 5 heteroatoms. The molecular weight excluding hydrogens is 172 g/mol. The molecule has 0 aliphatic carbocycles. The minimum atomic E-state index is -0.840. The van der Waals surface area contributed by atoms with Crippen molar-refractivity contribution in [3.05, 3.63) is 0 Å². The molecule has 0 radical (unpaired) electrons. The van der Waals surface area contributed by atoms with Crippen molar-refractivity contribution in [1.82, 2.24) is 10.2 Å². The fourth-order valence-corrected chi connectivity index (χ4v) is 0.689. The minimum absolute atomic E-state index is 0.00294. The van der Waals surface area contributed by atoms with Gasteiger partial charge in [0.05, 0.1) is 19.8 Å². The van der Waals surface area contributed by atoms with Gasteiger partial charge in [0.25, 0.3) is 0 Å². The van der Waals surface area contributed by atoms with E-state index in [4.69, 9.17) is 9.84 Å². The fourth-order valence-electron chi connectivity index (χ4n) is 0.689. The number of likely N-dealkylation sites (N-methyl/N-ethyl adjacent to an activating group) is 1. The Kier molecular flexibility index (Phi) is 7.57. The standard InChI is InChI=1S/C8H18N2O3/c1-10(2)4-6-13-5-3-9-7-8(11)12/h9H,3-7H2,1-2H3,(H,11,12). The van der Waals surface area contributed by atoms with Crippen molar-refractivity contribution >= 4 is 5.97 Å². The number of nitrogens with one attached hydrogen (secondary N) is 1. The van der Waals surface area contributed by atoms with Gasteiger partial charge in [-0.2, -0.15) is 0 Å². The molecule has 0 aliphatic rings. The molecule has 0 amide bonds. The summed E-state index contributed by atoms with van der Waals surface area (Å²) in [5, 5.41) is 11.0. The van der Waals surface area contributed by atoms with Crippen LogP contribution in [0.2, 0.25) is 0 Å². The Balaban J connectivity index is 2.96. The lowest BCUT2D eigenvalue weighted by Gasteiger charge is -2.09. The van der Waals surface area contributed by atoms with Crippen molar-refractivity contribution in [2.45, 2.75) is 0 Å². The van der Waals surface area contributed by atoms with Gasteiger partial charge in [0.2, 0.25) is 0 Å². The van der Waals surface area contributed by atoms with Gasteiger partial charge < -0.3 is 20.1 Å². The van der Waals surface area contributed by atoms with Gasteiger partial charge in [0.1, 0.15) is 0 Å². The highest BCUT2D eigenvalue weighted by molar-refractivity contribution is 5.68. The molecule has 0 rings (SSSR count). The second-order valence-electron chi connectivity index (χ2n) is 2.99. The van der Waals surface area contributed by atoms with Crippen molar-refractivity contribution in [1.29, 1.82) is 0 Å². The minimum Gasteiger partial charge on any atom is -0.480 e. The van der Waals surface area contributed by atoms with E-state index in [9.17, 15) is 4.79 Å². The van der Waals surface area contributed by atoms with Crippen LogP contribution in [-0.4, -0.2) is 62.9 Å². The van der Waals surface area contributed by atoms with E-state index >= 15 is 0 Å². The highest BCUT2D eigenvalue weighted by atomic mass is 16.5. The predicted molar refractivity (Wildman–Crippen MR) is 49.9 cm³/mol. The Morgan fingerprint density at radius 1 is 1.46 bits per heavy atom. The van der Waals surface area contributed by atoms with Crippen LogP contribution in [0.4, 0.5) is 0 Å². The first kappa shape index (κ1) is 12.3. The van der Waals surface area contributed by atoms with Crippen molar-refractivity contribution in [3.8, 4) is 0 Å². The average molecular weight is 190 g/mol. The van der Waals surface area contributed by atoms with Crippen LogP contribution >= 0.6 is 0 Å². The predicted octanol–water partition coefficient (Wildman–Crippen LogP) is -0.761. The molecule has 0 heterocycles. The lowest BCUT2D eigenvalue weighted by Crippen LogP contribution is -2.27. The Hall–Kier alpha value is -0.650. The second-order valence-corrected chi connectivity index (χ2v) is 2.99. The molecular formula is C8H18N2O3. The number of nitrogens with zero attached hydrogens (tertiary/aromatic N) is 1. The maximum absolute atomic E-state index is 10.1. The Bertz CT molecular complexity index is 139. The number of aliphatic carboxylic acids is 1. The van der Waals surface area contributed by atoms with Crippen LogP contribution in [0, 0.1) is 0 Å². The molecule has 5 nitrogen and oxygen atoms in total. The zero-order valence-electron chi connectivity index (χ0n) is 8.25. The molecule has 0 aromatic carbocycles. The van der Waals surface area contributed by atoms with Gasteiger partial charge in [-0.1, -0.05) is 0 Å². The number of ether oxygens (including phenoxy) is 1. The van der Waals surface area contributed by atoms with Crippen LogP contribution in [0.1, 0.15) is 0 Å². The van der Waals surface area contributed by atoms with Crippen LogP contribution in [0.15, 0.2) is 0 Å². The lowest BCUT2D eigenvalue weighted by atomic mass is 10.6. The normalized spacial score (nSPS) is 10.7. The molecule has 0 aromatic rings. The van der Waals surface area contributed by atoms with Crippen LogP contribution in [0.5, 0.6) is 0 Å². The molecule has 0 aliphatic heterocycles. The van der Waals surface area contributed by atoms with Gasteiger partial charge in [0.15, 0.2) is 0 Å². The summed E-state index contributed by atoms with van der Waals surface area (Å²) in [5.41, 5.74) is 0. The van der Waals surface area contributed by atoms with E-state index < -0.39 is 5.97 Å². The van der Waals surface area contributed by atoms with Gasteiger partial charge in [-0.15, -0.1) is 0 Å². The van der Waals surface area contributed by atoms with Crippen LogP contribution in [0.25, 0.3) is 0 Å². The van der Waals surface area contributed by atoms with Crippen molar-refractivity contribution in [3.63, 3.8) is 0 Å². The summed E-state index contributed by atoms with van der Waals surface area (Å²) < 4.78 is 5.23. The third-order valence-electron chi connectivity index (χ3n) is 1.38. The summed E-state index contributed by atoms with van der Waals surface area (Å²) in [6.07, 6.45) is 0. The Labute approximate surface area is 78.7 Å². The topological polar surface area (TPSA) is 61.8 Å². The monoisotopic (exact) mass is 190 g/mol. The molecule has 2 N–H and O–H groups in total. The first-order chi connectivity index (χ1) is 6.13. The quantitative estimate of drug-likeness (QED) is 0.493. The van der Waals surface area contributed by atoms with Gasteiger partial charge in [-0.05, 0) is 14.1 Å². The molecule has 0 bridgehead atoms. The molecule has 0 atom stereocenters. The van der Waals surface area contributed by atoms with E-state index in [1.54, 1.807) is 0 Å². The summed E-state index contributed by atoms with van der Waals surface area (Å²) in [6.45, 7) is 2.71. The SMILES string of the molecule is CN(C)CCOCCNCC(=O)O. The summed E-state index contributed by atoms with van der Waals surface area (Å²) in [4.78, 5) is 12.1. The van der Waals surface area contributed by atoms with Crippen molar-refractivity contribution < 1.29 is 14.6 Å². The second kappa shape index (κ2) is 7.97. The van der Waals surface area contributed by atoms with E-state index in [-0.39, 0.29) is 6.54 Å². The largest absolute Gasteiger partial charge is 0.480 e. The highest BCUT2D eigenvalue weighted by Gasteiger charge is 1.94. The number of hydrogen-bond acceptors (Lipinski definition) is 4. The molecule has 0 unspecified atom stereocenters. The molecule has 0 aromatic heterocycles. The Morgan fingerprint density at radius 2 is 2.15 bits per heavy atom. The summed E-state index contributed by atoms with van der Waals surface area (Å²) in [5.74, 6) is -0.840. The van der Waals surface area contributed by atoms with E-state index in [0.29, 0.717) is 19.8 Å². The van der Waals surface area contributed by atoms with E-state index in [0.717, 1.165) is 6.54 Å². The van der Waals surface area contributed by atoms with Gasteiger partial charge in [-0.25, -0.2) is 0 Å². The first-order valence-corrected chi connectivity index (χ1v) is 4.28. The average Bonchev–Trinajstić information content (AvgIpc) is 2.01. The highest BCUT2D eigenvalue weighted by Crippen LogP contribution is 1.77. The molecule has 0 fully saturated rings. The van der Waals surface area contributed by atoms with Crippen LogP contribution in [0.3, 0.4) is 0 Å². The van der Waals surface area contributed by atoms with Gasteiger partial charge >= 0.3 is 5.97 Å². The van der Waals surface area contributed by atoms with Gasteiger partial charge in [0, 0.05) is 13.1 Å². The number of hydrogen-bond donors (Lipinski definition) is 2. The Morgan fingerprint density at radius 3 is 2.69 bits per heavy atom. The fraction of sp³-hybridized carbons (Fsp3) is 0.875. The number of rotatable bonds is 8. The number of carboxylic acid groups (broad SMARTS) is 1. The third-order valence-corrected chi connectivity index (χ3v) is 1.38. The smallest absolute Gasteiger partial charge is 0.317 e. The van der Waals surface area contributed by atoms with E-state index in [1.165, 1.54) is 0 Å². The maximum Gasteiger partial charge on any atom is 0.317 e. The molecule has 78 valence electrons. The van der Waals surface area contributed by atoms with Crippen molar-refractivity contribution in [2.75, 3.05) is 46.9 Å². The zero-order valence-corrected chi connectivity index (χ0v) is 8.25. The first-order valence-electron chi connectivity index (χ1n) is 4.28. The van der Waals surface area contributed by atoms with Gasteiger partial charge in [-0.3, -0.25) is 4.79 Å². The molecule has 0 spiro atoms. The number of carbonyl (C=O) groups is 1. The maximum atomic E-state index is 10.1. The van der Waals surface area contributed by atoms with Crippen molar-refractivity contribution in [2.24, 2.45) is 0 Å². The van der Waals surface area contributed by atoms with E-state index in [2.05, 4.69) is 5.32 Å². The summed E-state index contributed by atoms with van der Waals surface area (Å²) in [6, 6.07) is 0. The number of carboxylic acids is 1. The molecule has 0 saturated carbocycles.